The Kier molecular flexibility index (Phi) is 4.88. The molecule has 0 aliphatic heterocycles. The average molecular weight is 210 g/mol. The van der Waals surface area contributed by atoms with Crippen LogP contribution in [0.15, 0.2) is 0 Å². The summed E-state index contributed by atoms with van der Waals surface area (Å²) >= 11 is 0. The van der Waals surface area contributed by atoms with E-state index in [2.05, 4.69) is 4.18 Å². The summed E-state index contributed by atoms with van der Waals surface area (Å²) in [5.74, 6) is 0. The second-order valence-electron chi connectivity index (χ2n) is 3.06. The molecule has 0 N–H and O–H groups in total. The van der Waals surface area contributed by atoms with Crippen molar-refractivity contribution in [1.29, 1.82) is 0 Å². The molecule has 4 nitrogen and oxygen atoms in total. The molecule has 80 valence electrons. The summed E-state index contributed by atoms with van der Waals surface area (Å²) in [5, 5.41) is 0. The molecule has 0 radical (unpaired) electrons. The predicted octanol–water partition coefficient (Wildman–Crippen LogP) is 1.86. The molecule has 0 aromatic carbocycles. The summed E-state index contributed by atoms with van der Waals surface area (Å²) in [7, 11) is -3.81. The van der Waals surface area contributed by atoms with Crippen LogP contribution in [0.25, 0.3) is 0 Å². The molecular formula is C8H18O4S. The van der Waals surface area contributed by atoms with E-state index < -0.39 is 16.0 Å². The molecule has 0 rings (SSSR count). The summed E-state index contributed by atoms with van der Waals surface area (Å²) in [6.45, 7) is 7.22. The molecule has 0 spiro atoms. The van der Waals surface area contributed by atoms with Crippen molar-refractivity contribution in [2.24, 2.45) is 0 Å². The van der Waals surface area contributed by atoms with Gasteiger partial charge in [-0.1, -0.05) is 13.8 Å². The molecule has 0 aliphatic rings. The SMILES string of the molecule is CCOS(=O)(=O)OC(C)(CC)CC. The Morgan fingerprint density at radius 2 is 1.62 bits per heavy atom. The first-order chi connectivity index (χ1) is 5.89. The highest BCUT2D eigenvalue weighted by atomic mass is 32.3. The smallest absolute Gasteiger partial charge is 0.248 e. The second kappa shape index (κ2) is 4.93. The van der Waals surface area contributed by atoms with Crippen LogP contribution in [-0.2, 0) is 18.8 Å². The van der Waals surface area contributed by atoms with E-state index in [0.29, 0.717) is 12.8 Å². The van der Waals surface area contributed by atoms with Gasteiger partial charge in [-0.25, -0.2) is 8.37 Å². The van der Waals surface area contributed by atoms with E-state index in [0.717, 1.165) is 0 Å². The summed E-state index contributed by atoms with van der Waals surface area (Å²) in [5.41, 5.74) is -0.645. The summed E-state index contributed by atoms with van der Waals surface area (Å²) in [6.07, 6.45) is 1.27. The maximum atomic E-state index is 11.1. The van der Waals surface area contributed by atoms with Gasteiger partial charge in [0.1, 0.15) is 0 Å². The minimum Gasteiger partial charge on any atom is -0.248 e. The van der Waals surface area contributed by atoms with Crippen molar-refractivity contribution in [3.63, 3.8) is 0 Å². The zero-order valence-corrected chi connectivity index (χ0v) is 9.48. The van der Waals surface area contributed by atoms with Gasteiger partial charge in [-0.3, -0.25) is 0 Å². The van der Waals surface area contributed by atoms with Crippen LogP contribution in [0.3, 0.4) is 0 Å². The Labute approximate surface area is 80.6 Å². The van der Waals surface area contributed by atoms with Gasteiger partial charge in [0.2, 0.25) is 0 Å². The fourth-order valence-corrected chi connectivity index (χ4v) is 1.85. The van der Waals surface area contributed by atoms with E-state index in [1.165, 1.54) is 0 Å². The van der Waals surface area contributed by atoms with Crippen molar-refractivity contribution >= 4 is 10.4 Å². The fraction of sp³-hybridized carbons (Fsp3) is 1.00. The van der Waals surface area contributed by atoms with E-state index >= 15 is 0 Å². The third-order valence-corrected chi connectivity index (χ3v) is 3.19. The lowest BCUT2D eigenvalue weighted by Gasteiger charge is -2.25. The Morgan fingerprint density at radius 3 is 1.92 bits per heavy atom. The zero-order valence-electron chi connectivity index (χ0n) is 8.66. The van der Waals surface area contributed by atoms with Crippen LogP contribution in [0, 0.1) is 0 Å². The van der Waals surface area contributed by atoms with Crippen LogP contribution in [0.1, 0.15) is 40.5 Å². The number of hydrogen-bond acceptors (Lipinski definition) is 4. The van der Waals surface area contributed by atoms with E-state index in [1.807, 2.05) is 13.8 Å². The first-order valence-corrected chi connectivity index (χ1v) is 5.82. The lowest BCUT2D eigenvalue weighted by molar-refractivity contribution is 0.0639. The van der Waals surface area contributed by atoms with Gasteiger partial charge in [-0.2, -0.15) is 8.42 Å². The van der Waals surface area contributed by atoms with Crippen molar-refractivity contribution in [2.45, 2.75) is 46.1 Å². The van der Waals surface area contributed by atoms with Crippen molar-refractivity contribution < 1.29 is 16.8 Å². The lowest BCUT2D eigenvalue weighted by atomic mass is 10.0. The molecule has 0 heterocycles. The number of hydrogen-bond donors (Lipinski definition) is 0. The molecule has 0 aromatic heterocycles. The third kappa shape index (κ3) is 4.59. The number of rotatable bonds is 6. The quantitative estimate of drug-likeness (QED) is 0.671. The standard InChI is InChI=1S/C8H18O4S/c1-5-8(4,6-2)12-13(9,10)11-7-3/h5-7H2,1-4H3. The van der Waals surface area contributed by atoms with Crippen LogP contribution >= 0.6 is 0 Å². The molecule has 5 heteroatoms. The van der Waals surface area contributed by atoms with Gasteiger partial charge < -0.3 is 0 Å². The van der Waals surface area contributed by atoms with E-state index in [1.54, 1.807) is 13.8 Å². The Morgan fingerprint density at radius 1 is 1.15 bits per heavy atom. The third-order valence-electron chi connectivity index (χ3n) is 2.06. The van der Waals surface area contributed by atoms with E-state index in [9.17, 15) is 8.42 Å². The topological polar surface area (TPSA) is 52.6 Å². The highest BCUT2D eigenvalue weighted by Crippen LogP contribution is 2.22. The van der Waals surface area contributed by atoms with Crippen molar-refractivity contribution in [2.75, 3.05) is 6.61 Å². The molecule has 0 saturated carbocycles. The minimum absolute atomic E-state index is 0.103. The monoisotopic (exact) mass is 210 g/mol. The molecule has 0 atom stereocenters. The zero-order chi connectivity index (χ0) is 10.5. The van der Waals surface area contributed by atoms with Crippen molar-refractivity contribution in [1.82, 2.24) is 0 Å². The molecule has 0 aliphatic carbocycles. The molecule has 0 fully saturated rings. The maximum absolute atomic E-state index is 11.1. The van der Waals surface area contributed by atoms with Crippen LogP contribution in [0.5, 0.6) is 0 Å². The van der Waals surface area contributed by atoms with Gasteiger partial charge >= 0.3 is 10.4 Å². The first kappa shape index (κ1) is 12.9. The van der Waals surface area contributed by atoms with Gasteiger partial charge in [0.25, 0.3) is 0 Å². The molecule has 13 heavy (non-hydrogen) atoms. The Balaban J connectivity index is 4.40. The van der Waals surface area contributed by atoms with Crippen molar-refractivity contribution in [3.8, 4) is 0 Å². The van der Waals surface area contributed by atoms with E-state index in [4.69, 9.17) is 4.18 Å². The normalized spacial score (nSPS) is 13.2. The molecule has 0 bridgehead atoms. The minimum atomic E-state index is -3.81. The Bertz CT molecular complexity index is 229. The second-order valence-corrected chi connectivity index (χ2v) is 4.27. The summed E-state index contributed by atoms with van der Waals surface area (Å²) < 4.78 is 31.6. The van der Waals surface area contributed by atoms with Gasteiger partial charge in [0.05, 0.1) is 12.2 Å². The molecular weight excluding hydrogens is 192 g/mol. The fourth-order valence-electron chi connectivity index (χ4n) is 0.783. The van der Waals surface area contributed by atoms with Crippen molar-refractivity contribution in [3.05, 3.63) is 0 Å². The van der Waals surface area contributed by atoms with Gasteiger partial charge in [0.15, 0.2) is 0 Å². The molecule has 0 aromatic rings. The molecule has 0 unspecified atom stereocenters. The van der Waals surface area contributed by atoms with Crippen LogP contribution in [-0.4, -0.2) is 20.6 Å². The van der Waals surface area contributed by atoms with Crippen LogP contribution < -0.4 is 0 Å². The van der Waals surface area contributed by atoms with Crippen LogP contribution in [0.2, 0.25) is 0 Å². The predicted molar refractivity (Wildman–Crippen MR) is 50.6 cm³/mol. The highest BCUT2D eigenvalue weighted by Gasteiger charge is 2.28. The van der Waals surface area contributed by atoms with E-state index in [-0.39, 0.29) is 6.61 Å². The lowest BCUT2D eigenvalue weighted by Crippen LogP contribution is -2.31. The molecule has 0 amide bonds. The van der Waals surface area contributed by atoms with Gasteiger partial charge in [-0.05, 0) is 26.7 Å². The first-order valence-electron chi connectivity index (χ1n) is 4.49. The highest BCUT2D eigenvalue weighted by molar-refractivity contribution is 7.81. The van der Waals surface area contributed by atoms with Gasteiger partial charge in [0, 0.05) is 0 Å². The average Bonchev–Trinajstić information content (AvgIpc) is 2.03. The van der Waals surface area contributed by atoms with Gasteiger partial charge in [-0.15, -0.1) is 0 Å². The van der Waals surface area contributed by atoms with Crippen LogP contribution in [0.4, 0.5) is 0 Å². The Hall–Kier alpha value is -0.130. The largest absolute Gasteiger partial charge is 0.400 e. The maximum Gasteiger partial charge on any atom is 0.400 e. The summed E-state index contributed by atoms with van der Waals surface area (Å²) in [4.78, 5) is 0. The molecule has 0 saturated heterocycles. The summed E-state index contributed by atoms with van der Waals surface area (Å²) in [6, 6.07) is 0.